The zero-order valence-corrected chi connectivity index (χ0v) is 14.4. The third-order valence-electron chi connectivity index (χ3n) is 5.36. The molecule has 1 fully saturated rings. The van der Waals surface area contributed by atoms with Gasteiger partial charge in [0.1, 0.15) is 11.6 Å². The van der Waals surface area contributed by atoms with E-state index in [0.717, 1.165) is 35.5 Å². The van der Waals surface area contributed by atoms with Crippen LogP contribution in [0.2, 0.25) is 0 Å². The number of hydrogen-bond donors (Lipinski definition) is 3. The van der Waals surface area contributed by atoms with Gasteiger partial charge in [0, 0.05) is 30.0 Å². The van der Waals surface area contributed by atoms with Crippen LogP contribution in [0.15, 0.2) is 37.1 Å². The zero-order chi connectivity index (χ0) is 17.7. The molecule has 0 aromatic carbocycles. The van der Waals surface area contributed by atoms with Gasteiger partial charge >= 0.3 is 0 Å². The molecule has 4 N–H and O–H groups in total. The van der Waals surface area contributed by atoms with Crippen LogP contribution in [0.5, 0.6) is 0 Å². The number of aromatic amines is 1. The molecule has 1 saturated carbocycles. The average molecular weight is 348 g/mol. The predicted octanol–water partition coefficient (Wildman–Crippen LogP) is 2.58. The van der Waals surface area contributed by atoms with Crippen molar-refractivity contribution in [3.05, 3.63) is 42.7 Å². The molecular formula is C18H20N8. The van der Waals surface area contributed by atoms with Gasteiger partial charge in [0.05, 0.1) is 24.1 Å². The number of nitrogens with one attached hydrogen (secondary N) is 2. The average Bonchev–Trinajstić information content (AvgIpc) is 3.34. The smallest absolute Gasteiger partial charge is 0.156 e. The van der Waals surface area contributed by atoms with Crippen molar-refractivity contribution in [2.45, 2.75) is 31.7 Å². The minimum Gasteiger partial charge on any atom is -0.382 e. The summed E-state index contributed by atoms with van der Waals surface area (Å²) in [6.45, 7) is 2.30. The number of H-pyrrole nitrogens is 1. The summed E-state index contributed by atoms with van der Waals surface area (Å²) in [5, 5.41) is 3.49. The Hall–Kier alpha value is -3.16. The number of nitrogens with zero attached hydrogens (tertiary/aromatic N) is 5. The summed E-state index contributed by atoms with van der Waals surface area (Å²) >= 11 is 0. The van der Waals surface area contributed by atoms with E-state index in [4.69, 9.17) is 5.73 Å². The molecule has 5 rings (SSSR count). The van der Waals surface area contributed by atoms with Gasteiger partial charge in [0.15, 0.2) is 11.3 Å². The van der Waals surface area contributed by atoms with Crippen LogP contribution in [0.25, 0.3) is 16.8 Å². The fourth-order valence-corrected chi connectivity index (χ4v) is 4.15. The molecule has 8 heteroatoms. The zero-order valence-electron chi connectivity index (χ0n) is 14.4. The second-order valence-electron chi connectivity index (χ2n) is 7.07. The fraction of sp³-hybridized carbons (Fsp3) is 0.333. The van der Waals surface area contributed by atoms with Gasteiger partial charge in [-0.3, -0.25) is 4.40 Å². The Kier molecular flexibility index (Phi) is 3.31. The van der Waals surface area contributed by atoms with Crippen LogP contribution in [0.1, 0.15) is 31.4 Å². The van der Waals surface area contributed by atoms with Crippen LogP contribution in [-0.4, -0.2) is 35.4 Å². The van der Waals surface area contributed by atoms with Gasteiger partial charge in [-0.25, -0.2) is 19.9 Å². The van der Waals surface area contributed by atoms with Crippen molar-refractivity contribution in [2.75, 3.05) is 11.1 Å². The third-order valence-corrected chi connectivity index (χ3v) is 5.36. The molecule has 1 aliphatic carbocycles. The lowest BCUT2D eigenvalue weighted by molar-refractivity contribution is 0.520. The van der Waals surface area contributed by atoms with Gasteiger partial charge < -0.3 is 16.0 Å². The molecule has 0 bridgehead atoms. The van der Waals surface area contributed by atoms with Crippen LogP contribution in [0.3, 0.4) is 0 Å². The molecule has 132 valence electrons. The molecule has 4 aromatic heterocycles. The van der Waals surface area contributed by atoms with E-state index >= 15 is 0 Å². The quantitative estimate of drug-likeness (QED) is 0.525. The second kappa shape index (κ2) is 5.69. The normalized spacial score (nSPS) is 23.0. The first-order valence-corrected chi connectivity index (χ1v) is 8.82. The van der Waals surface area contributed by atoms with E-state index in [1.807, 2.05) is 18.6 Å². The maximum Gasteiger partial charge on any atom is 0.156 e. The number of anilines is 2. The van der Waals surface area contributed by atoms with E-state index in [0.29, 0.717) is 23.7 Å². The topological polar surface area (TPSA) is 110 Å². The van der Waals surface area contributed by atoms with E-state index in [9.17, 15) is 0 Å². The Balaban J connectivity index is 1.46. The largest absolute Gasteiger partial charge is 0.382 e. The van der Waals surface area contributed by atoms with Crippen molar-refractivity contribution in [1.82, 2.24) is 29.3 Å². The summed E-state index contributed by atoms with van der Waals surface area (Å²) in [5.41, 5.74) is 9.70. The van der Waals surface area contributed by atoms with Gasteiger partial charge in [-0.15, -0.1) is 0 Å². The number of nitrogens with two attached hydrogens (primary N) is 1. The van der Waals surface area contributed by atoms with Gasteiger partial charge in [-0.05, 0) is 24.8 Å². The fourth-order valence-electron chi connectivity index (χ4n) is 4.15. The summed E-state index contributed by atoms with van der Waals surface area (Å²) < 4.78 is 2.23. The molecule has 26 heavy (non-hydrogen) atoms. The Bertz CT molecular complexity index is 1060. The molecule has 4 aromatic rings. The molecular weight excluding hydrogens is 328 g/mol. The van der Waals surface area contributed by atoms with E-state index in [2.05, 4.69) is 47.6 Å². The van der Waals surface area contributed by atoms with Crippen LogP contribution in [0, 0.1) is 5.92 Å². The van der Waals surface area contributed by atoms with E-state index in [1.165, 1.54) is 5.69 Å². The second-order valence-corrected chi connectivity index (χ2v) is 7.07. The van der Waals surface area contributed by atoms with E-state index in [1.54, 1.807) is 12.4 Å². The molecule has 0 spiro atoms. The Labute approximate surface area is 149 Å². The minimum absolute atomic E-state index is 0.349. The monoisotopic (exact) mass is 348 g/mol. The van der Waals surface area contributed by atoms with Crippen molar-refractivity contribution in [1.29, 1.82) is 0 Å². The standard InChI is InChI=1S/C18H20N8/c1-10-4-11(25-16-8-21-15(19)7-22-16)5-12(10)14-6-23-17-9-24-18-13(26(14)17)2-3-20-18/h2-3,6-12,20H,4-5H2,1H3,(H2,19,21)(H,22,25). The molecule has 3 atom stereocenters. The summed E-state index contributed by atoms with van der Waals surface area (Å²) in [6, 6.07) is 2.40. The maximum absolute atomic E-state index is 5.61. The Morgan fingerprint density at radius 1 is 1.12 bits per heavy atom. The van der Waals surface area contributed by atoms with Crippen molar-refractivity contribution < 1.29 is 0 Å². The maximum atomic E-state index is 5.61. The molecule has 4 heterocycles. The van der Waals surface area contributed by atoms with Crippen molar-refractivity contribution in [2.24, 2.45) is 5.92 Å². The van der Waals surface area contributed by atoms with Crippen LogP contribution in [0.4, 0.5) is 11.6 Å². The SMILES string of the molecule is CC1CC(Nc2cnc(N)cn2)CC1c1cnc2cnc3[nH]ccc3n12. The third kappa shape index (κ3) is 2.37. The Morgan fingerprint density at radius 3 is 2.88 bits per heavy atom. The van der Waals surface area contributed by atoms with Crippen molar-refractivity contribution >= 4 is 28.4 Å². The van der Waals surface area contributed by atoms with E-state index in [-0.39, 0.29) is 0 Å². The van der Waals surface area contributed by atoms with Crippen LogP contribution in [-0.2, 0) is 0 Å². The lowest BCUT2D eigenvalue weighted by atomic mass is 9.95. The van der Waals surface area contributed by atoms with Gasteiger partial charge in [-0.1, -0.05) is 6.92 Å². The first-order chi connectivity index (χ1) is 12.7. The summed E-state index contributed by atoms with van der Waals surface area (Å²) in [6.07, 6.45) is 11.1. The molecule has 0 amide bonds. The first kappa shape index (κ1) is 15.1. The van der Waals surface area contributed by atoms with Crippen LogP contribution >= 0.6 is 0 Å². The predicted molar refractivity (Wildman–Crippen MR) is 99.8 cm³/mol. The lowest BCUT2D eigenvalue weighted by Crippen LogP contribution is -2.16. The highest BCUT2D eigenvalue weighted by atomic mass is 15.1. The van der Waals surface area contributed by atoms with Crippen molar-refractivity contribution in [3.63, 3.8) is 0 Å². The minimum atomic E-state index is 0.349. The van der Waals surface area contributed by atoms with Crippen molar-refractivity contribution in [3.8, 4) is 0 Å². The summed E-state index contributed by atoms with van der Waals surface area (Å²) in [7, 11) is 0. The van der Waals surface area contributed by atoms with Gasteiger partial charge in [0.25, 0.3) is 0 Å². The van der Waals surface area contributed by atoms with Gasteiger partial charge in [-0.2, -0.15) is 0 Å². The molecule has 8 nitrogen and oxygen atoms in total. The molecule has 0 saturated heterocycles. The summed E-state index contributed by atoms with van der Waals surface area (Å²) in [4.78, 5) is 20.6. The van der Waals surface area contributed by atoms with Crippen LogP contribution < -0.4 is 11.1 Å². The molecule has 0 aliphatic heterocycles. The number of imidazole rings is 1. The van der Waals surface area contributed by atoms with E-state index < -0.39 is 0 Å². The molecule has 3 unspecified atom stereocenters. The Morgan fingerprint density at radius 2 is 2.04 bits per heavy atom. The summed E-state index contributed by atoms with van der Waals surface area (Å²) in [5.74, 6) is 2.16. The van der Waals surface area contributed by atoms with Gasteiger partial charge in [0.2, 0.25) is 0 Å². The lowest BCUT2D eigenvalue weighted by Gasteiger charge is -2.15. The number of hydrogen-bond acceptors (Lipinski definition) is 6. The number of fused-ring (bicyclic) bond motifs is 3. The molecule has 1 aliphatic rings. The number of rotatable bonds is 3. The number of aromatic nitrogens is 6. The highest BCUT2D eigenvalue weighted by Crippen LogP contribution is 2.41. The molecule has 0 radical (unpaired) electrons. The highest BCUT2D eigenvalue weighted by molar-refractivity contribution is 5.74. The highest BCUT2D eigenvalue weighted by Gasteiger charge is 2.34. The number of nitrogen functional groups attached to an aromatic ring is 1. The first-order valence-electron chi connectivity index (χ1n) is 8.82.